The quantitative estimate of drug-likeness (QED) is 0.0895. The number of H-pyrrole nitrogens is 1. The number of aromatic nitrogens is 7. The van der Waals surface area contributed by atoms with E-state index in [-0.39, 0.29) is 23.1 Å². The molecular formula is C22H28N9O14P. The first-order chi connectivity index (χ1) is 21.7. The Kier molecular flexibility index (Phi) is 9.19. The summed E-state index contributed by atoms with van der Waals surface area (Å²) in [5, 5.41) is 20.8. The monoisotopic (exact) mass is 673 g/mol. The Morgan fingerprint density at radius 3 is 2.28 bits per heavy atom. The number of carbonyl (C=O) groups excluding carboxylic acids is 2. The number of hydrogen-bond donors (Lipinski definition) is 6. The summed E-state index contributed by atoms with van der Waals surface area (Å²) in [5.41, 5.74) is 9.14. The minimum Gasteiger partial charge on any atom is -0.455 e. The van der Waals surface area contributed by atoms with E-state index >= 15 is 0 Å². The molecule has 2 aliphatic rings. The molecular weight excluding hydrogens is 645 g/mol. The lowest BCUT2D eigenvalue weighted by Crippen LogP contribution is -2.40. The summed E-state index contributed by atoms with van der Waals surface area (Å²) in [6, 6.07) is 0. The second-order valence-corrected chi connectivity index (χ2v) is 11.4. The molecule has 5 rings (SSSR count). The number of phosphoric acid groups is 1. The van der Waals surface area contributed by atoms with Gasteiger partial charge in [0.05, 0.1) is 19.5 Å². The maximum atomic E-state index is 13.2. The Morgan fingerprint density at radius 1 is 1.00 bits per heavy atom. The van der Waals surface area contributed by atoms with Gasteiger partial charge in [0.2, 0.25) is 11.9 Å². The molecule has 24 heteroatoms. The van der Waals surface area contributed by atoms with E-state index in [9.17, 15) is 38.8 Å². The zero-order chi connectivity index (χ0) is 33.5. The molecule has 2 aliphatic heterocycles. The lowest BCUT2D eigenvalue weighted by Gasteiger charge is -2.26. The molecule has 3 aromatic rings. The Hall–Kier alpha value is -4.35. The third-order valence-corrected chi connectivity index (χ3v) is 7.77. The van der Waals surface area contributed by atoms with Crippen LogP contribution in [-0.2, 0) is 42.1 Å². The van der Waals surface area contributed by atoms with Gasteiger partial charge in [-0.1, -0.05) is 0 Å². The van der Waals surface area contributed by atoms with Gasteiger partial charge in [0.15, 0.2) is 35.8 Å². The fourth-order valence-corrected chi connectivity index (χ4v) is 5.89. The first-order valence-corrected chi connectivity index (χ1v) is 14.7. The molecule has 46 heavy (non-hydrogen) atoms. The molecule has 0 spiro atoms. The van der Waals surface area contributed by atoms with Crippen molar-refractivity contribution in [1.29, 1.82) is 0 Å². The van der Waals surface area contributed by atoms with E-state index in [1.54, 1.807) is 0 Å². The number of fused-ring (bicyclic) bond motifs is 1. The van der Waals surface area contributed by atoms with E-state index in [1.165, 1.54) is 0 Å². The van der Waals surface area contributed by atoms with Gasteiger partial charge in [-0.25, -0.2) is 19.3 Å². The standard InChI is InChI=1S/C22H28N9O14P/c1-7(33)41-14-12(35)10(44-18(14)31-6-26-20(23)29-22(31)37)4-40-46(38,39)45-13-9(3-32)43-19(15(13)42-8(2)34)30-5-25-11-16(30)27-21(24)28-17(11)36/h5-6,9-10,12-15,18-19,32,35H,3-4H2,1-2H3,(H,38,39)(H2,23,29,37)(H3,24,27,28,36). The van der Waals surface area contributed by atoms with Crippen molar-refractivity contribution in [3.8, 4) is 0 Å². The van der Waals surface area contributed by atoms with Gasteiger partial charge < -0.3 is 45.5 Å². The van der Waals surface area contributed by atoms with Crippen LogP contribution in [0.5, 0.6) is 0 Å². The molecule has 9 unspecified atom stereocenters. The number of aromatic amines is 1. The Bertz CT molecular complexity index is 1800. The van der Waals surface area contributed by atoms with Crippen LogP contribution in [0.3, 0.4) is 0 Å². The van der Waals surface area contributed by atoms with E-state index in [0.717, 1.165) is 35.6 Å². The van der Waals surface area contributed by atoms with Gasteiger partial charge in [-0.2, -0.15) is 9.97 Å². The number of nitrogen functional groups attached to an aromatic ring is 2. The second kappa shape index (κ2) is 12.8. The van der Waals surface area contributed by atoms with Crippen LogP contribution in [0.15, 0.2) is 22.2 Å². The van der Waals surface area contributed by atoms with E-state index in [4.69, 9.17) is 39.5 Å². The summed E-state index contributed by atoms with van der Waals surface area (Å²) in [6.07, 6.45) is -10.1. The number of hydrogen-bond acceptors (Lipinski definition) is 19. The van der Waals surface area contributed by atoms with Crippen molar-refractivity contribution in [3.05, 3.63) is 33.5 Å². The van der Waals surface area contributed by atoms with Gasteiger partial charge >= 0.3 is 25.5 Å². The molecule has 9 atom stereocenters. The summed E-state index contributed by atoms with van der Waals surface area (Å²) in [5.74, 6) is -2.36. The minimum absolute atomic E-state index is 0.0981. The minimum atomic E-state index is -5.18. The topological polar surface area (TPSA) is 331 Å². The molecule has 3 aromatic heterocycles. The molecule has 23 nitrogen and oxygen atoms in total. The summed E-state index contributed by atoms with van der Waals surface area (Å²) >= 11 is 0. The summed E-state index contributed by atoms with van der Waals surface area (Å²) < 4.78 is 47.3. The number of rotatable bonds is 10. The molecule has 250 valence electrons. The van der Waals surface area contributed by atoms with Crippen molar-refractivity contribution in [2.75, 3.05) is 24.7 Å². The average molecular weight is 673 g/mol. The summed E-state index contributed by atoms with van der Waals surface area (Å²) in [7, 11) is -5.18. The number of nitrogens with one attached hydrogen (secondary N) is 1. The van der Waals surface area contributed by atoms with Crippen molar-refractivity contribution in [2.45, 2.75) is 62.9 Å². The maximum absolute atomic E-state index is 13.2. The van der Waals surface area contributed by atoms with Crippen LogP contribution in [-0.4, -0.2) is 111 Å². The first-order valence-electron chi connectivity index (χ1n) is 13.2. The Labute approximate surface area is 255 Å². The number of carbonyl (C=O) groups is 2. The van der Waals surface area contributed by atoms with Crippen molar-refractivity contribution in [1.82, 2.24) is 34.1 Å². The van der Waals surface area contributed by atoms with Crippen LogP contribution in [0.2, 0.25) is 0 Å². The molecule has 0 saturated carbocycles. The van der Waals surface area contributed by atoms with Crippen molar-refractivity contribution in [3.63, 3.8) is 0 Å². The maximum Gasteiger partial charge on any atom is 0.472 e. The second-order valence-electron chi connectivity index (χ2n) is 9.97. The van der Waals surface area contributed by atoms with E-state index in [2.05, 4.69) is 24.9 Å². The zero-order valence-corrected chi connectivity index (χ0v) is 24.7. The number of esters is 2. The normalized spacial score (nSPS) is 29.1. The highest BCUT2D eigenvalue weighted by Gasteiger charge is 2.53. The van der Waals surface area contributed by atoms with Crippen LogP contribution < -0.4 is 22.7 Å². The zero-order valence-electron chi connectivity index (χ0n) is 23.8. The SMILES string of the molecule is CC(=O)OC1C(O)C(COP(=O)(O)OC2C(CO)OC(n3cnc4c(=O)[nH]c(N)nc43)C2OC(C)=O)OC1n1cnc(N)nc1=O. The van der Waals surface area contributed by atoms with Gasteiger partial charge in [0.1, 0.15) is 30.7 Å². The molecule has 2 saturated heterocycles. The van der Waals surface area contributed by atoms with Crippen molar-refractivity contribution < 1.29 is 57.3 Å². The molecule has 0 radical (unpaired) electrons. The van der Waals surface area contributed by atoms with Crippen LogP contribution in [0.4, 0.5) is 11.9 Å². The average Bonchev–Trinajstić information content (AvgIpc) is 3.61. The number of aliphatic hydroxyl groups excluding tert-OH is 2. The molecule has 2 fully saturated rings. The smallest absolute Gasteiger partial charge is 0.455 e. The molecule has 5 heterocycles. The highest BCUT2D eigenvalue weighted by molar-refractivity contribution is 7.47. The number of ether oxygens (including phenoxy) is 4. The van der Waals surface area contributed by atoms with Crippen LogP contribution in [0.25, 0.3) is 11.2 Å². The fourth-order valence-electron chi connectivity index (χ4n) is 4.93. The van der Waals surface area contributed by atoms with E-state index < -0.39 is 93.3 Å². The third kappa shape index (κ3) is 6.61. The number of nitrogens with two attached hydrogens (primary N) is 2. The fraction of sp³-hybridized carbons (Fsp3) is 0.545. The molecule has 8 N–H and O–H groups in total. The van der Waals surface area contributed by atoms with Crippen molar-refractivity contribution >= 4 is 42.8 Å². The summed E-state index contributed by atoms with van der Waals surface area (Å²) in [6.45, 7) is 0.394. The number of anilines is 2. The van der Waals surface area contributed by atoms with Gasteiger partial charge in [0, 0.05) is 13.8 Å². The number of imidazole rings is 1. The van der Waals surface area contributed by atoms with Crippen LogP contribution >= 0.6 is 7.82 Å². The van der Waals surface area contributed by atoms with Crippen molar-refractivity contribution in [2.24, 2.45) is 0 Å². The highest BCUT2D eigenvalue weighted by Crippen LogP contribution is 2.50. The number of phosphoric ester groups is 1. The van der Waals surface area contributed by atoms with Gasteiger partial charge in [0.25, 0.3) is 5.56 Å². The largest absolute Gasteiger partial charge is 0.472 e. The Morgan fingerprint density at radius 2 is 1.63 bits per heavy atom. The van der Waals surface area contributed by atoms with E-state index in [1.807, 2.05) is 0 Å². The van der Waals surface area contributed by atoms with Crippen LogP contribution in [0, 0.1) is 0 Å². The predicted octanol–water partition coefficient (Wildman–Crippen LogP) is -3.55. The van der Waals surface area contributed by atoms with Gasteiger partial charge in [-0.3, -0.25) is 37.5 Å². The number of aliphatic hydroxyl groups is 2. The van der Waals surface area contributed by atoms with Crippen LogP contribution in [0.1, 0.15) is 26.3 Å². The molecule has 0 aromatic carbocycles. The predicted molar refractivity (Wildman–Crippen MR) is 146 cm³/mol. The van der Waals surface area contributed by atoms with E-state index in [0.29, 0.717) is 0 Å². The molecule has 0 aliphatic carbocycles. The lowest BCUT2D eigenvalue weighted by atomic mass is 10.1. The molecule has 0 bridgehead atoms. The summed E-state index contributed by atoms with van der Waals surface area (Å²) in [4.78, 5) is 76.4. The highest BCUT2D eigenvalue weighted by atomic mass is 31.2. The lowest BCUT2D eigenvalue weighted by molar-refractivity contribution is -0.156. The van der Waals surface area contributed by atoms with Gasteiger partial charge in [-0.05, 0) is 0 Å². The molecule has 0 amide bonds. The third-order valence-electron chi connectivity index (χ3n) is 6.78. The first kappa shape index (κ1) is 33.0. The van der Waals surface area contributed by atoms with Gasteiger partial charge in [-0.15, -0.1) is 0 Å². The number of nitrogens with zero attached hydrogens (tertiary/aromatic N) is 6. The Balaban J connectivity index is 1.36.